The Labute approximate surface area is 209 Å². The van der Waals surface area contributed by atoms with E-state index in [-0.39, 0.29) is 33.4 Å². The van der Waals surface area contributed by atoms with E-state index >= 15 is 0 Å². The first-order valence-corrected chi connectivity index (χ1v) is 12.5. The lowest BCUT2D eigenvalue weighted by molar-refractivity contribution is -0.275. The molecule has 0 bridgehead atoms. The highest BCUT2D eigenvalue weighted by atomic mass is 35.5. The zero-order chi connectivity index (χ0) is 24.8. The number of hydrogen-bond donors (Lipinski definition) is 1. The average Bonchev–Trinajstić information content (AvgIpc) is 3.45. The van der Waals surface area contributed by atoms with Gasteiger partial charge in [-0.1, -0.05) is 42.2 Å². The van der Waals surface area contributed by atoms with Crippen molar-refractivity contribution in [3.63, 3.8) is 0 Å². The van der Waals surface area contributed by atoms with Crippen LogP contribution in [0.2, 0.25) is 10.0 Å². The van der Waals surface area contributed by atoms with E-state index in [1.807, 2.05) is 20.8 Å². The number of alkyl halides is 3. The molecule has 1 aromatic carbocycles. The van der Waals surface area contributed by atoms with Gasteiger partial charge >= 0.3 is 6.18 Å². The van der Waals surface area contributed by atoms with Crippen molar-refractivity contribution in [2.75, 3.05) is 0 Å². The van der Waals surface area contributed by atoms with E-state index in [0.29, 0.717) is 18.0 Å². The SMILES string of the molecule is CCC(CC)NC(=O)c1sc2c(c1C)CN(C1=NOC(c3cc(Cl)cc(Cl)c3)(C(F)(F)F)C1)C2. The number of thiophene rings is 1. The van der Waals surface area contributed by atoms with E-state index in [2.05, 4.69) is 10.5 Å². The number of carbonyl (C=O) groups excluding carboxylic acids is 1. The van der Waals surface area contributed by atoms with Crippen LogP contribution in [0.15, 0.2) is 23.4 Å². The lowest BCUT2D eigenvalue weighted by atomic mass is 9.89. The second kappa shape index (κ2) is 9.24. The topological polar surface area (TPSA) is 53.9 Å². The molecular formula is C23H24Cl2F3N3O2S. The number of nitrogens with zero attached hydrogens (tertiary/aromatic N) is 2. The van der Waals surface area contributed by atoms with Crippen molar-refractivity contribution in [2.45, 2.75) is 70.9 Å². The van der Waals surface area contributed by atoms with Gasteiger partial charge in [0.2, 0.25) is 0 Å². The quantitative estimate of drug-likeness (QED) is 0.460. The largest absolute Gasteiger partial charge is 0.435 e. The first kappa shape index (κ1) is 25.1. The van der Waals surface area contributed by atoms with Crippen LogP contribution < -0.4 is 5.32 Å². The van der Waals surface area contributed by atoms with Crippen molar-refractivity contribution in [3.05, 3.63) is 54.7 Å². The summed E-state index contributed by atoms with van der Waals surface area (Å²) >= 11 is 13.3. The fraction of sp³-hybridized carbons (Fsp3) is 0.478. The fourth-order valence-electron chi connectivity index (χ4n) is 4.35. The summed E-state index contributed by atoms with van der Waals surface area (Å²) in [4.78, 5) is 21.2. The standard InChI is InChI=1S/C23H24Cl2F3N3O2S/c1-4-16(5-2)29-21(32)20-12(3)17-10-31(11-18(17)34-20)19-9-22(33-30-19,23(26,27)28)13-6-14(24)8-15(25)7-13/h6-8,16H,4-5,9-11H2,1-3H3,(H,29,32). The van der Waals surface area contributed by atoms with Gasteiger partial charge in [0.15, 0.2) is 0 Å². The molecule has 0 aliphatic carbocycles. The molecule has 1 N–H and O–H groups in total. The molecule has 11 heteroatoms. The number of oxime groups is 1. The third-order valence-electron chi connectivity index (χ3n) is 6.43. The molecule has 0 saturated heterocycles. The van der Waals surface area contributed by atoms with Gasteiger partial charge in [-0.05, 0) is 49.1 Å². The maximum atomic E-state index is 14.3. The van der Waals surface area contributed by atoms with Gasteiger partial charge in [0.05, 0.1) is 17.8 Å². The maximum Gasteiger partial charge on any atom is 0.435 e. The number of rotatable bonds is 5. The molecule has 34 heavy (non-hydrogen) atoms. The maximum absolute atomic E-state index is 14.3. The highest BCUT2D eigenvalue weighted by molar-refractivity contribution is 7.14. The van der Waals surface area contributed by atoms with E-state index in [0.717, 1.165) is 28.8 Å². The summed E-state index contributed by atoms with van der Waals surface area (Å²) in [5, 5.41) is 7.07. The van der Waals surface area contributed by atoms with Crippen molar-refractivity contribution in [1.29, 1.82) is 0 Å². The minimum atomic E-state index is -4.74. The van der Waals surface area contributed by atoms with E-state index in [4.69, 9.17) is 28.0 Å². The van der Waals surface area contributed by atoms with Gasteiger partial charge in [-0.25, -0.2) is 0 Å². The summed E-state index contributed by atoms with van der Waals surface area (Å²) in [6, 6.07) is 3.89. The summed E-state index contributed by atoms with van der Waals surface area (Å²) in [5.74, 6) is 0.0897. The summed E-state index contributed by atoms with van der Waals surface area (Å²) in [7, 11) is 0. The number of fused-ring (bicyclic) bond motifs is 1. The number of amides is 1. The summed E-state index contributed by atoms with van der Waals surface area (Å²) < 4.78 is 42.8. The average molecular weight is 534 g/mol. The molecule has 1 atom stereocenters. The Bertz CT molecular complexity index is 1130. The normalized spacial score (nSPS) is 19.9. The number of benzene rings is 1. The van der Waals surface area contributed by atoms with Crippen molar-refractivity contribution in [1.82, 2.24) is 10.2 Å². The van der Waals surface area contributed by atoms with E-state index in [9.17, 15) is 18.0 Å². The zero-order valence-corrected chi connectivity index (χ0v) is 21.2. The van der Waals surface area contributed by atoms with Crippen molar-refractivity contribution in [2.24, 2.45) is 5.16 Å². The Kier molecular flexibility index (Phi) is 6.83. The Morgan fingerprint density at radius 2 is 1.88 bits per heavy atom. The van der Waals surface area contributed by atoms with E-state index in [1.54, 1.807) is 4.90 Å². The second-order valence-corrected chi connectivity index (χ2v) is 10.5. The van der Waals surface area contributed by atoms with Gasteiger partial charge in [-0.2, -0.15) is 13.2 Å². The zero-order valence-electron chi connectivity index (χ0n) is 18.9. The highest BCUT2D eigenvalue weighted by Crippen LogP contribution is 2.50. The molecule has 2 aliphatic heterocycles. The van der Waals surface area contributed by atoms with Crippen LogP contribution in [0, 0.1) is 6.92 Å². The van der Waals surface area contributed by atoms with Gasteiger partial charge in [0.1, 0.15) is 5.84 Å². The van der Waals surface area contributed by atoms with Crippen LogP contribution in [0.3, 0.4) is 0 Å². The number of hydrogen-bond acceptors (Lipinski definition) is 5. The highest BCUT2D eigenvalue weighted by Gasteiger charge is 2.63. The van der Waals surface area contributed by atoms with Crippen LogP contribution in [-0.2, 0) is 23.5 Å². The van der Waals surface area contributed by atoms with Gasteiger partial charge in [0.25, 0.3) is 11.5 Å². The Balaban J connectivity index is 1.54. The molecule has 0 fully saturated rings. The predicted octanol–water partition coefficient (Wildman–Crippen LogP) is 6.79. The second-order valence-electron chi connectivity index (χ2n) is 8.56. The summed E-state index contributed by atoms with van der Waals surface area (Å²) in [6.07, 6.45) is -3.55. The molecule has 2 aromatic rings. The first-order chi connectivity index (χ1) is 16.0. The molecule has 2 aliphatic rings. The van der Waals surface area contributed by atoms with E-state index in [1.165, 1.54) is 29.5 Å². The van der Waals surface area contributed by atoms with Gasteiger partial charge < -0.3 is 15.1 Å². The molecule has 5 nitrogen and oxygen atoms in total. The fourth-order valence-corrected chi connectivity index (χ4v) is 6.11. The molecule has 0 saturated carbocycles. The molecule has 0 spiro atoms. The van der Waals surface area contributed by atoms with Gasteiger partial charge in [-0.3, -0.25) is 4.79 Å². The molecular weight excluding hydrogens is 510 g/mol. The van der Waals surface area contributed by atoms with Crippen LogP contribution in [0.4, 0.5) is 13.2 Å². The first-order valence-electron chi connectivity index (χ1n) is 10.9. The minimum absolute atomic E-state index is 0.0846. The smallest absolute Gasteiger partial charge is 0.372 e. The van der Waals surface area contributed by atoms with Crippen LogP contribution in [0.5, 0.6) is 0 Å². The summed E-state index contributed by atoms with van der Waals surface area (Å²) in [6.45, 7) is 6.65. The van der Waals surface area contributed by atoms with E-state index < -0.39 is 18.2 Å². The molecule has 184 valence electrons. The minimum Gasteiger partial charge on any atom is -0.372 e. The Hall–Kier alpha value is -1.97. The molecule has 0 radical (unpaired) electrons. The van der Waals surface area contributed by atoms with Crippen LogP contribution in [0.25, 0.3) is 0 Å². The predicted molar refractivity (Wildman–Crippen MR) is 127 cm³/mol. The third-order valence-corrected chi connectivity index (χ3v) is 8.19. The number of nitrogens with one attached hydrogen (secondary N) is 1. The number of amidine groups is 1. The van der Waals surface area contributed by atoms with Crippen LogP contribution in [-0.4, -0.2) is 28.9 Å². The molecule has 1 unspecified atom stereocenters. The molecule has 3 heterocycles. The molecule has 4 rings (SSSR count). The Morgan fingerprint density at radius 1 is 1.24 bits per heavy atom. The van der Waals surface area contributed by atoms with Gasteiger partial charge in [0, 0.05) is 33.1 Å². The monoisotopic (exact) mass is 533 g/mol. The number of carbonyl (C=O) groups is 1. The number of halogens is 5. The lowest BCUT2D eigenvalue weighted by Crippen LogP contribution is -2.43. The lowest BCUT2D eigenvalue weighted by Gasteiger charge is -2.30. The Morgan fingerprint density at radius 3 is 2.44 bits per heavy atom. The van der Waals surface area contributed by atoms with Crippen molar-refractivity contribution in [3.8, 4) is 0 Å². The molecule has 1 aromatic heterocycles. The van der Waals surface area contributed by atoms with Crippen LogP contribution >= 0.6 is 34.5 Å². The third kappa shape index (κ3) is 4.38. The molecule has 1 amide bonds. The van der Waals surface area contributed by atoms with Crippen LogP contribution in [0.1, 0.15) is 64.3 Å². The van der Waals surface area contributed by atoms with Crippen molar-refractivity contribution >= 4 is 46.3 Å². The van der Waals surface area contributed by atoms with Gasteiger partial charge in [-0.15, -0.1) is 11.3 Å². The summed E-state index contributed by atoms with van der Waals surface area (Å²) in [5.41, 5.74) is -1.05. The van der Waals surface area contributed by atoms with Crippen molar-refractivity contribution < 1.29 is 22.8 Å².